The van der Waals surface area contributed by atoms with E-state index in [2.05, 4.69) is 20.9 Å². The molecule has 1 aromatic heterocycles. The van der Waals surface area contributed by atoms with Gasteiger partial charge in [-0.25, -0.2) is 9.19 Å². The monoisotopic (exact) mass is 438 g/mol. The van der Waals surface area contributed by atoms with Crippen LogP contribution >= 0.6 is 62.3 Å². The van der Waals surface area contributed by atoms with Gasteiger partial charge in [0.25, 0.3) is 0 Å². The number of aromatic nitrogens is 2. The molecule has 10 heteroatoms. The molecule has 0 saturated carbocycles. The Bertz CT molecular complexity index is 665. The largest absolute Gasteiger partial charge is 0.338 e. The molecular weight excluding hydrogens is 437 g/mol. The molecule has 0 saturated heterocycles. The van der Waals surface area contributed by atoms with Gasteiger partial charge in [-0.15, -0.1) is 0 Å². The minimum atomic E-state index is -2.92. The van der Waals surface area contributed by atoms with Gasteiger partial charge in [-0.2, -0.15) is 4.39 Å². The highest BCUT2D eigenvalue weighted by Crippen LogP contribution is 2.34. The summed E-state index contributed by atoms with van der Waals surface area (Å²) < 4.78 is 24.0. The second-order valence-electron chi connectivity index (χ2n) is 3.55. The summed E-state index contributed by atoms with van der Waals surface area (Å²) in [6.45, 7) is 0. The lowest BCUT2D eigenvalue weighted by Gasteiger charge is -2.08. The second-order valence-corrected chi connectivity index (χ2v) is 8.45. The molecule has 0 aliphatic rings. The number of halogens is 6. The molecule has 1 aromatic carbocycles. The number of imidazole rings is 1. The first kappa shape index (κ1) is 16.5. The molecule has 20 heavy (non-hydrogen) atoms. The molecule has 2 rings (SSSR count). The standard InChI is InChI=1S/C10H4BrCl4FN2OS/c11-6-1-5(12)2-7(13)9(6)18-3-8(17-4-18)20(19)10(14,15)16/h1-4H. The van der Waals surface area contributed by atoms with Gasteiger partial charge >= 0.3 is 3.92 Å². The van der Waals surface area contributed by atoms with Gasteiger partial charge in [-0.3, -0.25) is 0 Å². The molecule has 1 atom stereocenters. The number of benzene rings is 1. The van der Waals surface area contributed by atoms with Crippen LogP contribution in [0.5, 0.6) is 0 Å². The number of hydrogen-bond acceptors (Lipinski definition) is 2. The van der Waals surface area contributed by atoms with E-state index in [0.717, 1.165) is 0 Å². The molecular formula is C10H4BrCl4FN2OS. The third kappa shape index (κ3) is 3.48. The topological polar surface area (TPSA) is 34.9 Å². The van der Waals surface area contributed by atoms with Crippen molar-refractivity contribution < 1.29 is 8.60 Å². The van der Waals surface area contributed by atoms with Gasteiger partial charge < -0.3 is 4.57 Å². The summed E-state index contributed by atoms with van der Waals surface area (Å²) >= 11 is 25.5. The summed E-state index contributed by atoms with van der Waals surface area (Å²) in [6, 6.07) is 3.16. The molecule has 0 amide bonds. The highest BCUT2D eigenvalue weighted by Gasteiger charge is 2.34. The minimum Gasteiger partial charge on any atom is -0.302 e. The summed E-state index contributed by atoms with van der Waals surface area (Å²) in [6.07, 6.45) is 2.63. The van der Waals surface area contributed by atoms with Crippen molar-refractivity contribution in [1.29, 1.82) is 0 Å². The SMILES string of the molecule is O=S(c1cn(-c2c(Cl)cc(Cl)cc2Br)cn1)C(F)(Cl)Cl. The third-order valence-electron chi connectivity index (χ3n) is 2.20. The van der Waals surface area contributed by atoms with Crippen molar-refractivity contribution in [3.63, 3.8) is 0 Å². The van der Waals surface area contributed by atoms with Crippen LogP contribution in [0.25, 0.3) is 5.69 Å². The Morgan fingerprint density at radius 3 is 2.55 bits per heavy atom. The molecule has 1 unspecified atom stereocenters. The Labute approximate surface area is 144 Å². The molecule has 1 heterocycles. The molecule has 0 fully saturated rings. The van der Waals surface area contributed by atoms with Crippen molar-refractivity contribution in [1.82, 2.24) is 9.55 Å². The fourth-order valence-electron chi connectivity index (χ4n) is 1.42. The normalized spacial score (nSPS) is 13.5. The molecule has 3 nitrogen and oxygen atoms in total. The molecule has 0 bridgehead atoms. The molecule has 0 aliphatic heterocycles. The first-order chi connectivity index (χ1) is 9.20. The highest BCUT2D eigenvalue weighted by atomic mass is 79.9. The van der Waals surface area contributed by atoms with Crippen LogP contribution in [0.3, 0.4) is 0 Å². The molecule has 2 aromatic rings. The zero-order chi connectivity index (χ0) is 15.1. The van der Waals surface area contributed by atoms with Gasteiger partial charge in [0.05, 0.1) is 10.7 Å². The van der Waals surface area contributed by atoms with Crippen LogP contribution in [0, 0.1) is 0 Å². The van der Waals surface area contributed by atoms with E-state index in [0.29, 0.717) is 20.2 Å². The van der Waals surface area contributed by atoms with Crippen molar-refractivity contribution >= 4 is 73.1 Å². The second kappa shape index (κ2) is 6.10. The molecule has 108 valence electrons. The Morgan fingerprint density at radius 2 is 2.00 bits per heavy atom. The first-order valence-corrected chi connectivity index (χ1v) is 8.33. The Kier molecular flexibility index (Phi) is 5.04. The Hall–Kier alpha value is 0.150. The van der Waals surface area contributed by atoms with E-state index in [1.54, 1.807) is 6.07 Å². The smallest absolute Gasteiger partial charge is 0.302 e. The maximum absolute atomic E-state index is 13.2. The van der Waals surface area contributed by atoms with Crippen LogP contribution in [-0.4, -0.2) is 17.7 Å². The van der Waals surface area contributed by atoms with Crippen molar-refractivity contribution in [3.05, 3.63) is 39.2 Å². The molecule has 0 N–H and O–H groups in total. The van der Waals surface area contributed by atoms with Crippen LogP contribution in [-0.2, 0) is 10.8 Å². The zero-order valence-electron chi connectivity index (χ0n) is 9.29. The van der Waals surface area contributed by atoms with E-state index in [1.165, 1.54) is 23.2 Å². The van der Waals surface area contributed by atoms with Crippen molar-refractivity contribution in [2.24, 2.45) is 0 Å². The fourth-order valence-corrected chi connectivity index (χ4v) is 3.99. The molecule has 0 radical (unpaired) electrons. The first-order valence-electron chi connectivity index (χ1n) is 4.87. The third-order valence-corrected chi connectivity index (χ3v) is 5.16. The fraction of sp³-hybridized carbons (Fsp3) is 0.100. The Balaban J connectivity index is 2.47. The number of nitrogens with zero attached hydrogens (tertiary/aromatic N) is 2. The average Bonchev–Trinajstić information content (AvgIpc) is 2.74. The van der Waals surface area contributed by atoms with Gasteiger partial charge in [0, 0.05) is 15.7 Å². The predicted octanol–water partition coefficient (Wildman–Crippen LogP) is 5.11. The van der Waals surface area contributed by atoms with E-state index in [4.69, 9.17) is 46.4 Å². The van der Waals surface area contributed by atoms with Crippen molar-refractivity contribution in [2.75, 3.05) is 0 Å². The predicted molar refractivity (Wildman–Crippen MR) is 83.2 cm³/mol. The lowest BCUT2D eigenvalue weighted by atomic mass is 10.3. The lowest BCUT2D eigenvalue weighted by molar-refractivity contribution is 0.497. The van der Waals surface area contributed by atoms with E-state index < -0.39 is 14.7 Å². The number of rotatable bonds is 3. The molecule has 0 spiro atoms. The van der Waals surface area contributed by atoms with Gasteiger partial charge in [0.15, 0.2) is 5.03 Å². The van der Waals surface area contributed by atoms with Crippen LogP contribution in [0.2, 0.25) is 10.0 Å². The van der Waals surface area contributed by atoms with E-state index in [1.807, 2.05) is 0 Å². The van der Waals surface area contributed by atoms with Gasteiger partial charge in [0.1, 0.15) is 17.1 Å². The number of alkyl halides is 3. The van der Waals surface area contributed by atoms with Gasteiger partial charge in [-0.05, 0) is 28.1 Å². The van der Waals surface area contributed by atoms with Gasteiger partial charge in [-0.1, -0.05) is 46.4 Å². The zero-order valence-corrected chi connectivity index (χ0v) is 14.7. The van der Waals surface area contributed by atoms with Crippen molar-refractivity contribution in [3.8, 4) is 5.69 Å². The quantitative estimate of drug-likeness (QED) is 0.622. The Morgan fingerprint density at radius 1 is 1.35 bits per heavy atom. The van der Waals surface area contributed by atoms with E-state index in [-0.39, 0.29) is 5.03 Å². The van der Waals surface area contributed by atoms with Crippen LogP contribution < -0.4 is 0 Å². The van der Waals surface area contributed by atoms with Gasteiger partial charge in [0.2, 0.25) is 0 Å². The summed E-state index contributed by atoms with van der Waals surface area (Å²) in [4.78, 5) is 3.81. The van der Waals surface area contributed by atoms with E-state index in [9.17, 15) is 8.60 Å². The maximum Gasteiger partial charge on any atom is 0.338 e. The van der Waals surface area contributed by atoms with E-state index >= 15 is 0 Å². The van der Waals surface area contributed by atoms with Crippen molar-refractivity contribution in [2.45, 2.75) is 8.95 Å². The summed E-state index contributed by atoms with van der Waals surface area (Å²) in [5.41, 5.74) is 0.514. The van der Waals surface area contributed by atoms with Crippen LogP contribution in [0.1, 0.15) is 0 Å². The van der Waals surface area contributed by atoms with Crippen LogP contribution in [0.15, 0.2) is 34.2 Å². The highest BCUT2D eigenvalue weighted by molar-refractivity contribution is 9.10. The molecule has 0 aliphatic carbocycles. The summed E-state index contributed by atoms with van der Waals surface area (Å²) in [5.74, 6) is 0. The average molecular weight is 441 g/mol. The maximum atomic E-state index is 13.2. The minimum absolute atomic E-state index is 0.115. The summed E-state index contributed by atoms with van der Waals surface area (Å²) in [7, 11) is -2.32. The number of hydrogen-bond donors (Lipinski definition) is 0. The lowest BCUT2D eigenvalue weighted by Crippen LogP contribution is -2.13. The van der Waals surface area contributed by atoms with Crippen LogP contribution in [0.4, 0.5) is 4.39 Å². The summed E-state index contributed by atoms with van der Waals surface area (Å²) in [5, 5.41) is 0.664.